The van der Waals surface area contributed by atoms with Gasteiger partial charge in [0.1, 0.15) is 23.5 Å². The summed E-state index contributed by atoms with van der Waals surface area (Å²) >= 11 is 0. The second-order valence-corrected chi connectivity index (χ2v) is 7.66. The van der Waals surface area contributed by atoms with Gasteiger partial charge in [-0.25, -0.2) is 14.8 Å². The van der Waals surface area contributed by atoms with Crippen LogP contribution >= 0.6 is 0 Å². The van der Waals surface area contributed by atoms with E-state index in [1.807, 2.05) is 96.4 Å². The molecule has 6 heteroatoms. The third-order valence-corrected chi connectivity index (χ3v) is 5.62. The Balaban J connectivity index is 1.65. The quantitative estimate of drug-likeness (QED) is 0.397. The van der Waals surface area contributed by atoms with Crippen LogP contribution in [0.3, 0.4) is 0 Å². The summed E-state index contributed by atoms with van der Waals surface area (Å²) in [5, 5.41) is 0. The van der Waals surface area contributed by atoms with Gasteiger partial charge in [0.05, 0.1) is 17.1 Å². The van der Waals surface area contributed by atoms with E-state index in [9.17, 15) is 4.79 Å². The van der Waals surface area contributed by atoms with Gasteiger partial charge in [-0.05, 0) is 30.2 Å². The van der Waals surface area contributed by atoms with Crippen molar-refractivity contribution in [2.45, 2.75) is 19.6 Å². The topological polar surface area (TPSA) is 83.0 Å². The second-order valence-electron chi connectivity index (χ2n) is 7.66. The molecule has 0 saturated heterocycles. The molecule has 6 nitrogen and oxygen atoms in total. The molecule has 32 heavy (non-hydrogen) atoms. The van der Waals surface area contributed by atoms with Crippen LogP contribution in [0.15, 0.2) is 84.9 Å². The predicted molar refractivity (Wildman–Crippen MR) is 125 cm³/mol. The molecule has 158 valence electrons. The van der Waals surface area contributed by atoms with Gasteiger partial charge in [-0.15, -0.1) is 0 Å². The lowest BCUT2D eigenvalue weighted by Crippen LogP contribution is -2.13. The van der Waals surface area contributed by atoms with Crippen molar-refractivity contribution >= 4 is 34.0 Å². The number of nitrogens with two attached hydrogens (primary N) is 1. The maximum atomic E-state index is 13.2. The highest BCUT2D eigenvalue weighted by molar-refractivity contribution is 6.08. The van der Waals surface area contributed by atoms with Gasteiger partial charge in [0.15, 0.2) is 5.65 Å². The number of nitrogen functional groups attached to an aromatic ring is 1. The molecule has 0 aliphatic carbocycles. The number of carbonyl (C=O) groups excluding carboxylic acids is 1. The van der Waals surface area contributed by atoms with Crippen LogP contribution in [0.4, 0.5) is 5.82 Å². The molecule has 0 spiro atoms. The molecule has 0 radical (unpaired) electrons. The highest BCUT2D eigenvalue weighted by atomic mass is 16.5. The van der Waals surface area contributed by atoms with Gasteiger partial charge < -0.3 is 15.0 Å². The summed E-state index contributed by atoms with van der Waals surface area (Å²) in [6.07, 6.45) is 0. The van der Waals surface area contributed by atoms with Crippen LogP contribution < -0.4 is 5.73 Å². The maximum absolute atomic E-state index is 13.2. The Bertz CT molecular complexity index is 1410. The number of ether oxygens (including phenoxy) is 1. The van der Waals surface area contributed by atoms with Gasteiger partial charge in [-0.3, -0.25) is 0 Å². The average Bonchev–Trinajstić information content (AvgIpc) is 3.12. The normalized spacial score (nSPS) is 12.2. The van der Waals surface area contributed by atoms with Crippen molar-refractivity contribution in [2.24, 2.45) is 0 Å². The lowest BCUT2D eigenvalue weighted by atomic mass is 10.1. The lowest BCUT2D eigenvalue weighted by Gasteiger charge is -2.17. The Morgan fingerprint density at radius 2 is 1.50 bits per heavy atom. The van der Waals surface area contributed by atoms with E-state index in [-0.39, 0.29) is 18.2 Å². The zero-order chi connectivity index (χ0) is 22.1. The molecule has 0 fully saturated rings. The number of fused-ring (bicyclic) bond motifs is 2. The monoisotopic (exact) mass is 422 g/mol. The van der Waals surface area contributed by atoms with Crippen molar-refractivity contribution in [1.29, 1.82) is 0 Å². The van der Waals surface area contributed by atoms with Gasteiger partial charge in [-0.1, -0.05) is 72.8 Å². The summed E-state index contributed by atoms with van der Waals surface area (Å²) in [7, 11) is 0. The molecule has 2 N–H and O–H groups in total. The van der Waals surface area contributed by atoms with Crippen LogP contribution in [0.25, 0.3) is 22.2 Å². The summed E-state index contributed by atoms with van der Waals surface area (Å²) in [6, 6.07) is 26.9. The van der Waals surface area contributed by atoms with Crippen molar-refractivity contribution < 1.29 is 9.53 Å². The average molecular weight is 422 g/mol. The number of esters is 1. The number of hydrogen-bond donors (Lipinski definition) is 1. The van der Waals surface area contributed by atoms with E-state index in [1.165, 1.54) is 0 Å². The summed E-state index contributed by atoms with van der Waals surface area (Å²) in [5.41, 5.74) is 11.2. The number of carbonyl (C=O) groups is 1. The maximum Gasteiger partial charge on any atom is 0.344 e. The zero-order valence-corrected chi connectivity index (χ0v) is 17.6. The standard InChI is InChI=1S/C26H22N4O2/c1-17(19-12-6-3-7-13-19)30-24(27)22(26(31)32-16-18-10-4-2-5-11-18)23-25(30)29-21-15-9-8-14-20(21)28-23/h2-15,17H,16,27H2,1H3/t17-/m1/s1. The number of anilines is 1. The third-order valence-electron chi connectivity index (χ3n) is 5.62. The Morgan fingerprint density at radius 3 is 2.19 bits per heavy atom. The number of benzene rings is 3. The molecule has 1 atom stereocenters. The van der Waals surface area contributed by atoms with Crippen LogP contribution in [-0.2, 0) is 11.3 Å². The van der Waals surface area contributed by atoms with Crippen LogP contribution in [0.1, 0.15) is 34.5 Å². The SMILES string of the molecule is C[C@H](c1ccccc1)n1c(N)c(C(=O)OCc2ccccc2)c2nc3ccccc3nc21. The van der Waals surface area contributed by atoms with E-state index in [2.05, 4.69) is 0 Å². The van der Waals surface area contributed by atoms with E-state index in [1.54, 1.807) is 0 Å². The Labute approximate surface area is 185 Å². The minimum atomic E-state index is -0.514. The van der Waals surface area contributed by atoms with Gasteiger partial charge in [0, 0.05) is 0 Å². The molecule has 5 aromatic rings. The molecule has 0 aliphatic heterocycles. The number of nitrogens with zero attached hydrogens (tertiary/aromatic N) is 3. The van der Waals surface area contributed by atoms with E-state index < -0.39 is 5.97 Å². The molecule has 0 bridgehead atoms. The fourth-order valence-corrected chi connectivity index (χ4v) is 3.95. The summed E-state index contributed by atoms with van der Waals surface area (Å²) in [6.45, 7) is 2.18. The van der Waals surface area contributed by atoms with Crippen molar-refractivity contribution in [2.75, 3.05) is 5.73 Å². The van der Waals surface area contributed by atoms with Crippen molar-refractivity contribution in [3.05, 3.63) is 102 Å². The van der Waals surface area contributed by atoms with Crippen LogP contribution in [0.2, 0.25) is 0 Å². The minimum absolute atomic E-state index is 0.148. The van der Waals surface area contributed by atoms with Gasteiger partial charge in [0.2, 0.25) is 0 Å². The Hall–Kier alpha value is -4.19. The van der Waals surface area contributed by atoms with Gasteiger partial charge >= 0.3 is 5.97 Å². The van der Waals surface area contributed by atoms with Crippen LogP contribution in [0.5, 0.6) is 0 Å². The first-order valence-electron chi connectivity index (χ1n) is 10.5. The van der Waals surface area contributed by atoms with Gasteiger partial charge in [0.25, 0.3) is 0 Å². The predicted octanol–water partition coefficient (Wildman–Crippen LogP) is 5.13. The second kappa shape index (κ2) is 8.15. The van der Waals surface area contributed by atoms with E-state index >= 15 is 0 Å². The van der Waals surface area contributed by atoms with Crippen molar-refractivity contribution in [1.82, 2.24) is 14.5 Å². The van der Waals surface area contributed by atoms with E-state index in [0.29, 0.717) is 22.5 Å². The highest BCUT2D eigenvalue weighted by Gasteiger charge is 2.27. The first-order chi connectivity index (χ1) is 15.6. The van der Waals surface area contributed by atoms with E-state index in [0.717, 1.165) is 16.6 Å². The van der Waals surface area contributed by atoms with Gasteiger partial charge in [-0.2, -0.15) is 0 Å². The Kier molecular flexibility index (Phi) is 5.03. The number of aromatic nitrogens is 3. The van der Waals surface area contributed by atoms with Crippen LogP contribution in [0, 0.1) is 0 Å². The first kappa shape index (κ1) is 19.8. The largest absolute Gasteiger partial charge is 0.457 e. The minimum Gasteiger partial charge on any atom is -0.457 e. The molecule has 3 aromatic carbocycles. The molecule has 2 heterocycles. The molecule has 0 amide bonds. The third kappa shape index (κ3) is 3.46. The van der Waals surface area contributed by atoms with Crippen molar-refractivity contribution in [3.63, 3.8) is 0 Å². The highest BCUT2D eigenvalue weighted by Crippen LogP contribution is 2.33. The first-order valence-corrected chi connectivity index (χ1v) is 10.5. The molecular weight excluding hydrogens is 400 g/mol. The number of para-hydroxylation sites is 2. The van der Waals surface area contributed by atoms with E-state index in [4.69, 9.17) is 20.4 Å². The zero-order valence-electron chi connectivity index (χ0n) is 17.6. The number of hydrogen-bond acceptors (Lipinski definition) is 5. The Morgan fingerprint density at radius 1 is 0.906 bits per heavy atom. The molecular formula is C26H22N4O2. The molecule has 5 rings (SSSR count). The summed E-state index contributed by atoms with van der Waals surface area (Å²) < 4.78 is 7.48. The summed E-state index contributed by atoms with van der Waals surface area (Å²) in [5.74, 6) is -0.218. The van der Waals surface area contributed by atoms with Crippen LogP contribution in [-0.4, -0.2) is 20.5 Å². The molecule has 0 aliphatic rings. The fraction of sp³-hybridized carbons (Fsp3) is 0.115. The smallest absolute Gasteiger partial charge is 0.344 e. The lowest BCUT2D eigenvalue weighted by molar-refractivity contribution is 0.0476. The number of rotatable bonds is 5. The van der Waals surface area contributed by atoms with Crippen molar-refractivity contribution in [3.8, 4) is 0 Å². The molecule has 0 unspecified atom stereocenters. The molecule has 0 saturated carbocycles. The molecule has 2 aromatic heterocycles. The summed E-state index contributed by atoms with van der Waals surface area (Å²) in [4.78, 5) is 22.7. The fourth-order valence-electron chi connectivity index (χ4n) is 3.95.